The molecule has 0 saturated carbocycles. The highest BCUT2D eigenvalue weighted by Crippen LogP contribution is 2.38. The fraction of sp³-hybridized carbons (Fsp3) is 0.0909. The molecule has 0 aliphatic rings. The first-order chi connectivity index (χ1) is 15.0. The molecule has 0 radical (unpaired) electrons. The lowest BCUT2D eigenvalue weighted by atomic mass is 10.1. The highest BCUT2D eigenvalue weighted by atomic mass is 35.5. The van der Waals surface area contributed by atoms with Crippen molar-refractivity contribution in [3.8, 4) is 16.3 Å². The van der Waals surface area contributed by atoms with Crippen molar-refractivity contribution >= 4 is 57.7 Å². The summed E-state index contributed by atoms with van der Waals surface area (Å²) in [6.07, 6.45) is 0.587. The average molecular weight is 492 g/mol. The maximum absolute atomic E-state index is 13.0. The summed E-state index contributed by atoms with van der Waals surface area (Å²) < 4.78 is 2.32. The fourth-order valence-corrected chi connectivity index (χ4v) is 4.79. The molecule has 158 valence electrons. The largest absolute Gasteiger partial charge is 0.298 e. The molecule has 4 rings (SSSR count). The second-order valence-electron chi connectivity index (χ2n) is 6.59. The third-order valence-corrected chi connectivity index (χ3v) is 6.37. The molecule has 0 bridgehead atoms. The third kappa shape index (κ3) is 4.57. The Balaban J connectivity index is 1.80. The first-order valence-electron chi connectivity index (χ1n) is 9.42. The monoisotopic (exact) mass is 490 g/mol. The van der Waals surface area contributed by atoms with Crippen molar-refractivity contribution in [2.75, 3.05) is 5.43 Å². The molecule has 0 spiro atoms. The van der Waals surface area contributed by atoms with Gasteiger partial charge in [0.15, 0.2) is 5.69 Å². The summed E-state index contributed by atoms with van der Waals surface area (Å²) in [7, 11) is 0. The van der Waals surface area contributed by atoms with Crippen LogP contribution in [-0.2, 0) is 6.42 Å². The molecule has 0 aliphatic heterocycles. The normalized spacial score (nSPS) is 10.8. The van der Waals surface area contributed by atoms with Gasteiger partial charge < -0.3 is 0 Å². The van der Waals surface area contributed by atoms with Crippen LogP contribution < -0.4 is 10.9 Å². The van der Waals surface area contributed by atoms with Crippen LogP contribution in [0.1, 0.15) is 23.0 Å². The number of carbonyl (C=O) groups is 1. The van der Waals surface area contributed by atoms with Crippen LogP contribution in [0.4, 0.5) is 5.69 Å². The van der Waals surface area contributed by atoms with Gasteiger partial charge in [-0.3, -0.25) is 15.6 Å². The van der Waals surface area contributed by atoms with Crippen molar-refractivity contribution < 1.29 is 4.79 Å². The second kappa shape index (κ2) is 9.32. The molecule has 2 N–H and O–H groups in total. The molecular weight excluding hydrogens is 475 g/mol. The summed E-state index contributed by atoms with van der Waals surface area (Å²) in [5.74, 6) is -0.353. The standard InChI is InChI=1S/C22H17Cl3N4OS/c1-2-15-20(22(30)27-26-14-6-4-3-5-7-14)28-29(17-9-8-13(23)12-16(17)24)21(15)18-10-11-19(25)31-18/h3-12,26H,2H2,1H3,(H,27,30). The molecule has 0 aliphatic carbocycles. The van der Waals surface area contributed by atoms with Crippen LogP contribution in [0.25, 0.3) is 16.3 Å². The van der Waals surface area contributed by atoms with Crippen LogP contribution in [-0.4, -0.2) is 15.7 Å². The molecule has 2 aromatic heterocycles. The van der Waals surface area contributed by atoms with Crippen LogP contribution in [0.15, 0.2) is 60.7 Å². The van der Waals surface area contributed by atoms with E-state index in [1.54, 1.807) is 22.9 Å². The molecule has 1 amide bonds. The first kappa shape index (κ1) is 21.7. The molecular formula is C22H17Cl3N4OS. The van der Waals surface area contributed by atoms with Crippen LogP contribution >= 0.6 is 46.1 Å². The minimum atomic E-state index is -0.353. The number of halogens is 3. The van der Waals surface area contributed by atoms with E-state index in [0.29, 0.717) is 32.2 Å². The topological polar surface area (TPSA) is 59.0 Å². The fourth-order valence-electron chi connectivity index (χ4n) is 3.20. The number of hydrogen-bond donors (Lipinski definition) is 2. The van der Waals surface area contributed by atoms with E-state index < -0.39 is 0 Å². The number of benzene rings is 2. The molecule has 0 atom stereocenters. The van der Waals surface area contributed by atoms with Crippen molar-refractivity contribution in [3.05, 3.63) is 86.3 Å². The van der Waals surface area contributed by atoms with Gasteiger partial charge in [-0.05, 0) is 48.9 Å². The van der Waals surface area contributed by atoms with Crippen LogP contribution in [0, 0.1) is 0 Å². The van der Waals surface area contributed by atoms with Gasteiger partial charge in [-0.1, -0.05) is 59.9 Å². The van der Waals surface area contributed by atoms with Crippen LogP contribution in [0.5, 0.6) is 0 Å². The Bertz CT molecular complexity index is 1240. The van der Waals surface area contributed by atoms with Gasteiger partial charge in [0.1, 0.15) is 0 Å². The van der Waals surface area contributed by atoms with Crippen molar-refractivity contribution in [3.63, 3.8) is 0 Å². The van der Waals surface area contributed by atoms with Crippen molar-refractivity contribution in [1.29, 1.82) is 0 Å². The van der Waals surface area contributed by atoms with Gasteiger partial charge in [0.05, 0.1) is 31.3 Å². The molecule has 0 unspecified atom stereocenters. The smallest absolute Gasteiger partial charge is 0.290 e. The number of amides is 1. The minimum Gasteiger partial charge on any atom is -0.298 e. The molecule has 31 heavy (non-hydrogen) atoms. The quantitative estimate of drug-likeness (QED) is 0.289. The zero-order valence-corrected chi connectivity index (χ0v) is 19.4. The van der Waals surface area contributed by atoms with Gasteiger partial charge in [-0.25, -0.2) is 4.68 Å². The summed E-state index contributed by atoms with van der Waals surface area (Å²) in [5, 5.41) is 5.58. The van der Waals surface area contributed by atoms with Gasteiger partial charge in [-0.2, -0.15) is 5.10 Å². The van der Waals surface area contributed by atoms with E-state index >= 15 is 0 Å². The summed E-state index contributed by atoms with van der Waals surface area (Å²) in [6, 6.07) is 18.2. The highest BCUT2D eigenvalue weighted by Gasteiger charge is 2.25. The molecule has 2 heterocycles. The lowest BCUT2D eigenvalue weighted by molar-refractivity contribution is 0.0956. The molecule has 2 aromatic carbocycles. The van der Waals surface area contributed by atoms with Gasteiger partial charge >= 0.3 is 0 Å². The zero-order valence-electron chi connectivity index (χ0n) is 16.3. The first-order valence-corrected chi connectivity index (χ1v) is 11.4. The number of nitrogens with zero attached hydrogens (tertiary/aromatic N) is 2. The van der Waals surface area contributed by atoms with E-state index in [9.17, 15) is 4.79 Å². The predicted octanol–water partition coefficient (Wildman–Crippen LogP) is 6.88. The van der Waals surface area contributed by atoms with E-state index in [-0.39, 0.29) is 5.91 Å². The summed E-state index contributed by atoms with van der Waals surface area (Å²) in [5.41, 5.74) is 8.88. The number of aromatic nitrogens is 2. The third-order valence-electron chi connectivity index (χ3n) is 4.59. The summed E-state index contributed by atoms with van der Waals surface area (Å²) >= 11 is 20.2. The van der Waals surface area contributed by atoms with Crippen LogP contribution in [0.3, 0.4) is 0 Å². The zero-order chi connectivity index (χ0) is 22.0. The van der Waals surface area contributed by atoms with E-state index in [1.165, 1.54) is 11.3 Å². The molecule has 0 saturated heterocycles. The van der Waals surface area contributed by atoms with Crippen molar-refractivity contribution in [2.24, 2.45) is 0 Å². The Labute approximate surface area is 198 Å². The predicted molar refractivity (Wildman–Crippen MR) is 129 cm³/mol. The van der Waals surface area contributed by atoms with E-state index in [2.05, 4.69) is 16.0 Å². The number of rotatable bonds is 6. The van der Waals surface area contributed by atoms with Crippen molar-refractivity contribution in [2.45, 2.75) is 13.3 Å². The SMILES string of the molecule is CCc1c(C(=O)NNc2ccccc2)nn(-c2ccc(Cl)cc2Cl)c1-c1ccc(Cl)s1. The number of nitrogens with one attached hydrogen (secondary N) is 2. The molecule has 0 fully saturated rings. The van der Waals surface area contributed by atoms with Gasteiger partial charge in [0.2, 0.25) is 0 Å². The second-order valence-corrected chi connectivity index (χ2v) is 9.14. The van der Waals surface area contributed by atoms with E-state index in [0.717, 1.165) is 21.8 Å². The maximum atomic E-state index is 13.0. The maximum Gasteiger partial charge on any atom is 0.290 e. The Kier molecular flexibility index (Phi) is 6.53. The Morgan fingerprint density at radius 3 is 2.48 bits per heavy atom. The van der Waals surface area contributed by atoms with Crippen molar-refractivity contribution in [1.82, 2.24) is 15.2 Å². The number of hydrazine groups is 1. The summed E-state index contributed by atoms with van der Waals surface area (Å²) in [6.45, 7) is 1.98. The Morgan fingerprint density at radius 1 is 1.06 bits per heavy atom. The summed E-state index contributed by atoms with van der Waals surface area (Å²) in [4.78, 5) is 13.9. The molecule has 9 heteroatoms. The lowest BCUT2D eigenvalue weighted by Crippen LogP contribution is -2.30. The van der Waals surface area contributed by atoms with E-state index in [1.807, 2.05) is 49.4 Å². The van der Waals surface area contributed by atoms with Crippen LogP contribution in [0.2, 0.25) is 14.4 Å². The highest BCUT2D eigenvalue weighted by molar-refractivity contribution is 7.19. The number of para-hydroxylation sites is 1. The van der Waals surface area contributed by atoms with Gasteiger partial charge in [-0.15, -0.1) is 11.3 Å². The van der Waals surface area contributed by atoms with E-state index in [4.69, 9.17) is 34.8 Å². The van der Waals surface area contributed by atoms with Gasteiger partial charge in [0, 0.05) is 10.6 Å². The van der Waals surface area contributed by atoms with Gasteiger partial charge in [0.25, 0.3) is 5.91 Å². The minimum absolute atomic E-state index is 0.302. The average Bonchev–Trinajstić information content (AvgIpc) is 3.36. The lowest BCUT2D eigenvalue weighted by Gasteiger charge is -2.09. The number of thiophene rings is 1. The number of hydrogen-bond acceptors (Lipinski definition) is 4. The molecule has 4 aromatic rings. The Hall–Kier alpha value is -2.51. The molecule has 5 nitrogen and oxygen atoms in total. The number of carbonyl (C=O) groups excluding carboxylic acids is 1. The number of anilines is 1. The Morgan fingerprint density at radius 2 is 1.84 bits per heavy atom.